The molecular weight excluding hydrogens is 236 g/mol. The van der Waals surface area contributed by atoms with Crippen molar-refractivity contribution in [2.75, 3.05) is 12.3 Å². The summed E-state index contributed by atoms with van der Waals surface area (Å²) in [4.78, 5) is 11.8. The zero-order chi connectivity index (χ0) is 13.9. The van der Waals surface area contributed by atoms with Crippen LogP contribution in [-0.4, -0.2) is 12.5 Å². The molecule has 1 aromatic rings. The van der Waals surface area contributed by atoms with Gasteiger partial charge in [0, 0.05) is 18.3 Å². The summed E-state index contributed by atoms with van der Waals surface area (Å²) in [6.45, 7) is 5.24. The molecule has 0 atom stereocenters. The second kappa shape index (κ2) is 5.47. The van der Waals surface area contributed by atoms with Gasteiger partial charge in [-0.3, -0.25) is 4.79 Å². The Morgan fingerprint density at radius 3 is 2.53 bits per heavy atom. The van der Waals surface area contributed by atoms with Crippen molar-refractivity contribution >= 4 is 17.7 Å². The van der Waals surface area contributed by atoms with Gasteiger partial charge < -0.3 is 11.1 Å². The Bertz CT molecular complexity index is 470. The van der Waals surface area contributed by atoms with Crippen LogP contribution in [0.2, 0.25) is 0 Å². The molecule has 0 radical (unpaired) electrons. The van der Waals surface area contributed by atoms with Crippen LogP contribution in [0.5, 0.6) is 0 Å². The van der Waals surface area contributed by atoms with Crippen molar-refractivity contribution in [1.82, 2.24) is 5.32 Å². The Kier molecular flexibility index (Phi) is 3.93. The van der Waals surface area contributed by atoms with E-state index in [-0.39, 0.29) is 5.91 Å². The molecule has 0 heterocycles. The Balaban J connectivity index is 1.83. The number of carbonyl (C=O) groups excluding carboxylic acids is 1. The number of amides is 1. The van der Waals surface area contributed by atoms with E-state index in [0.29, 0.717) is 11.3 Å². The van der Waals surface area contributed by atoms with Crippen molar-refractivity contribution < 1.29 is 4.79 Å². The van der Waals surface area contributed by atoms with Gasteiger partial charge in [-0.15, -0.1) is 0 Å². The molecule has 0 spiro atoms. The highest BCUT2D eigenvalue weighted by molar-refractivity contribution is 5.91. The molecule has 102 valence electrons. The highest BCUT2D eigenvalue weighted by atomic mass is 16.1. The van der Waals surface area contributed by atoms with Crippen molar-refractivity contribution in [1.29, 1.82) is 0 Å². The van der Waals surface area contributed by atoms with Gasteiger partial charge in [-0.25, -0.2) is 0 Å². The first-order valence-corrected chi connectivity index (χ1v) is 6.83. The number of rotatable bonds is 5. The molecule has 0 unspecified atom stereocenters. The van der Waals surface area contributed by atoms with Crippen LogP contribution < -0.4 is 11.1 Å². The molecule has 1 aliphatic carbocycles. The van der Waals surface area contributed by atoms with Crippen LogP contribution in [0, 0.1) is 11.3 Å². The average Bonchev–Trinajstić information content (AvgIpc) is 3.17. The van der Waals surface area contributed by atoms with Crippen LogP contribution in [0.4, 0.5) is 5.69 Å². The lowest BCUT2D eigenvalue weighted by molar-refractivity contribution is -0.116. The summed E-state index contributed by atoms with van der Waals surface area (Å²) in [5, 5.41) is 3.00. The van der Waals surface area contributed by atoms with Crippen molar-refractivity contribution in [2.45, 2.75) is 26.7 Å². The Morgan fingerprint density at radius 1 is 1.37 bits per heavy atom. The van der Waals surface area contributed by atoms with Crippen LogP contribution >= 0.6 is 0 Å². The summed E-state index contributed by atoms with van der Waals surface area (Å²) in [6, 6.07) is 7.45. The summed E-state index contributed by atoms with van der Waals surface area (Å²) < 4.78 is 0. The molecule has 1 aliphatic rings. The van der Waals surface area contributed by atoms with Crippen LogP contribution in [0.25, 0.3) is 6.08 Å². The summed E-state index contributed by atoms with van der Waals surface area (Å²) in [6.07, 6.45) is 5.85. The second-order valence-electron chi connectivity index (χ2n) is 5.73. The average molecular weight is 258 g/mol. The summed E-state index contributed by atoms with van der Waals surface area (Å²) in [5.41, 5.74) is 7.67. The molecule has 19 heavy (non-hydrogen) atoms. The topological polar surface area (TPSA) is 55.1 Å². The van der Waals surface area contributed by atoms with E-state index in [4.69, 9.17) is 5.73 Å². The van der Waals surface area contributed by atoms with Crippen LogP contribution in [0.3, 0.4) is 0 Å². The van der Waals surface area contributed by atoms with Gasteiger partial charge in [-0.05, 0) is 47.9 Å². The minimum Gasteiger partial charge on any atom is -0.399 e. The fourth-order valence-corrected chi connectivity index (χ4v) is 2.22. The third-order valence-corrected chi connectivity index (χ3v) is 4.10. The predicted octanol–water partition coefficient (Wildman–Crippen LogP) is 2.83. The van der Waals surface area contributed by atoms with Crippen molar-refractivity contribution in [3.8, 4) is 0 Å². The fourth-order valence-electron chi connectivity index (χ4n) is 2.22. The minimum atomic E-state index is -0.0243. The van der Waals surface area contributed by atoms with E-state index in [9.17, 15) is 4.79 Å². The minimum absolute atomic E-state index is 0.0243. The highest BCUT2D eigenvalue weighted by Crippen LogP contribution is 2.51. The lowest BCUT2D eigenvalue weighted by Gasteiger charge is -2.19. The lowest BCUT2D eigenvalue weighted by atomic mass is 9.92. The molecule has 2 rings (SSSR count). The number of nitrogens with one attached hydrogen (secondary N) is 1. The van der Waals surface area contributed by atoms with Gasteiger partial charge in [0.15, 0.2) is 0 Å². The molecule has 0 saturated heterocycles. The monoisotopic (exact) mass is 258 g/mol. The van der Waals surface area contributed by atoms with E-state index in [1.54, 1.807) is 6.08 Å². The first-order chi connectivity index (χ1) is 9.02. The first-order valence-electron chi connectivity index (χ1n) is 6.83. The largest absolute Gasteiger partial charge is 0.399 e. The molecule has 0 bridgehead atoms. The van der Waals surface area contributed by atoms with E-state index < -0.39 is 0 Å². The van der Waals surface area contributed by atoms with Gasteiger partial charge >= 0.3 is 0 Å². The number of hydrogen-bond acceptors (Lipinski definition) is 2. The van der Waals surface area contributed by atoms with E-state index in [1.807, 2.05) is 30.3 Å². The third-order valence-electron chi connectivity index (χ3n) is 4.10. The quantitative estimate of drug-likeness (QED) is 0.630. The van der Waals surface area contributed by atoms with Gasteiger partial charge in [-0.2, -0.15) is 0 Å². The Labute approximate surface area is 114 Å². The predicted molar refractivity (Wildman–Crippen MR) is 79.4 cm³/mol. The molecule has 3 heteroatoms. The van der Waals surface area contributed by atoms with Gasteiger partial charge in [-0.1, -0.05) is 26.0 Å². The van der Waals surface area contributed by atoms with E-state index in [2.05, 4.69) is 19.2 Å². The number of nitrogen functional groups attached to an aromatic ring is 1. The molecule has 1 fully saturated rings. The number of anilines is 1. The second-order valence-corrected chi connectivity index (χ2v) is 5.73. The first kappa shape index (κ1) is 13.7. The third kappa shape index (κ3) is 3.60. The molecule has 1 saturated carbocycles. The van der Waals surface area contributed by atoms with Crippen molar-refractivity contribution in [3.63, 3.8) is 0 Å². The van der Waals surface area contributed by atoms with Gasteiger partial charge in [0.25, 0.3) is 0 Å². The number of nitrogens with two attached hydrogens (primary N) is 1. The van der Waals surface area contributed by atoms with E-state index >= 15 is 0 Å². The maximum absolute atomic E-state index is 11.8. The van der Waals surface area contributed by atoms with Crippen LogP contribution in [-0.2, 0) is 4.79 Å². The standard InChI is InChI=1S/C16H22N2O/c1-12(2)16(9-10-16)11-18-15(19)8-5-13-3-6-14(17)7-4-13/h3-8,12H,9-11,17H2,1-2H3,(H,18,19)/b8-5+. The maximum atomic E-state index is 11.8. The number of benzene rings is 1. The zero-order valence-electron chi connectivity index (χ0n) is 11.6. The molecular formula is C16H22N2O. The van der Waals surface area contributed by atoms with Gasteiger partial charge in [0.05, 0.1) is 0 Å². The smallest absolute Gasteiger partial charge is 0.244 e. The SMILES string of the molecule is CC(C)C1(CNC(=O)/C=C/c2ccc(N)cc2)CC1. The van der Waals surface area contributed by atoms with E-state index in [1.165, 1.54) is 12.8 Å². The molecule has 3 N–H and O–H groups in total. The van der Waals surface area contributed by atoms with Gasteiger partial charge in [0.1, 0.15) is 0 Å². The van der Waals surface area contributed by atoms with Crippen molar-refractivity contribution in [3.05, 3.63) is 35.9 Å². The molecule has 0 aromatic heterocycles. The molecule has 1 amide bonds. The number of carbonyl (C=O) groups is 1. The molecule has 0 aliphatic heterocycles. The Hall–Kier alpha value is -1.77. The fraction of sp³-hybridized carbons (Fsp3) is 0.438. The van der Waals surface area contributed by atoms with Crippen LogP contribution in [0.1, 0.15) is 32.3 Å². The van der Waals surface area contributed by atoms with Crippen molar-refractivity contribution in [2.24, 2.45) is 11.3 Å². The van der Waals surface area contributed by atoms with Gasteiger partial charge in [0.2, 0.25) is 5.91 Å². The van der Waals surface area contributed by atoms with E-state index in [0.717, 1.165) is 17.8 Å². The summed E-state index contributed by atoms with van der Waals surface area (Å²) >= 11 is 0. The summed E-state index contributed by atoms with van der Waals surface area (Å²) in [5.74, 6) is 0.609. The Morgan fingerprint density at radius 2 is 2.00 bits per heavy atom. The highest BCUT2D eigenvalue weighted by Gasteiger charge is 2.45. The summed E-state index contributed by atoms with van der Waals surface area (Å²) in [7, 11) is 0. The zero-order valence-corrected chi connectivity index (χ0v) is 11.6. The normalized spacial score (nSPS) is 16.8. The van der Waals surface area contributed by atoms with Crippen LogP contribution in [0.15, 0.2) is 30.3 Å². The molecule has 3 nitrogen and oxygen atoms in total. The molecule has 1 aromatic carbocycles. The maximum Gasteiger partial charge on any atom is 0.244 e. The lowest BCUT2D eigenvalue weighted by Crippen LogP contribution is -2.31. The number of hydrogen-bond donors (Lipinski definition) is 2.